The Morgan fingerprint density at radius 2 is 1.85 bits per heavy atom. The van der Waals surface area contributed by atoms with Gasteiger partial charge in [-0.05, 0) is 50.1 Å². The molecule has 0 aromatic heterocycles. The van der Waals surface area contributed by atoms with Gasteiger partial charge in [-0.3, -0.25) is 4.79 Å². The van der Waals surface area contributed by atoms with Gasteiger partial charge in [0.1, 0.15) is 0 Å². The highest BCUT2D eigenvalue weighted by atomic mass is 35.5. The smallest absolute Gasteiger partial charge is 0.253 e. The summed E-state index contributed by atoms with van der Waals surface area (Å²) in [6, 6.07) is 11.9. The minimum absolute atomic E-state index is 0.0107. The predicted octanol–water partition coefficient (Wildman–Crippen LogP) is 3.23. The Balaban J connectivity index is 1.68. The van der Waals surface area contributed by atoms with Crippen molar-refractivity contribution >= 4 is 38.9 Å². The number of carbonyl (C=O) groups is 1. The van der Waals surface area contributed by atoms with Crippen LogP contribution in [0.1, 0.15) is 30.4 Å². The average molecular weight is 404 g/mol. The minimum Gasteiger partial charge on any atom is -0.272 e. The third-order valence-electron chi connectivity index (χ3n) is 4.51. The number of halogens is 1. The number of benzene rings is 2. The molecule has 1 amide bonds. The second kappa shape index (κ2) is 6.74. The van der Waals surface area contributed by atoms with E-state index in [-0.39, 0.29) is 23.3 Å². The summed E-state index contributed by atoms with van der Waals surface area (Å²) < 4.78 is 27.6. The Bertz CT molecular complexity index is 1040. The van der Waals surface area contributed by atoms with Gasteiger partial charge >= 0.3 is 0 Å². The maximum absolute atomic E-state index is 12.5. The molecule has 0 unspecified atom stereocenters. The molecular formula is C19H18ClN3O3S. The standard InChI is InChI=1S/C19H18ClN3O3S/c1-12-2-6-14(7-3-12)23-19(24)11-18(21-23)16-10-15(8-9-17(16)20)27(25,26)22-13-4-5-13/h2-3,6-10,13,22H,4-5,11H2,1H3. The molecule has 0 spiro atoms. The Labute approximate surface area is 162 Å². The van der Waals surface area contributed by atoms with E-state index >= 15 is 0 Å². The van der Waals surface area contributed by atoms with Crippen LogP contribution in [-0.2, 0) is 14.8 Å². The monoisotopic (exact) mass is 403 g/mol. The van der Waals surface area contributed by atoms with Gasteiger partial charge in [-0.2, -0.15) is 5.10 Å². The van der Waals surface area contributed by atoms with Crippen molar-refractivity contribution in [3.63, 3.8) is 0 Å². The quantitative estimate of drug-likeness (QED) is 0.832. The molecule has 0 atom stereocenters. The van der Waals surface area contributed by atoms with E-state index in [9.17, 15) is 13.2 Å². The van der Waals surface area contributed by atoms with Crippen molar-refractivity contribution in [2.45, 2.75) is 37.1 Å². The Kier molecular flexibility index (Phi) is 4.53. The second-order valence-electron chi connectivity index (χ2n) is 6.80. The molecule has 6 nitrogen and oxygen atoms in total. The molecule has 140 valence electrons. The molecule has 1 heterocycles. The first-order valence-electron chi connectivity index (χ1n) is 8.63. The molecule has 27 heavy (non-hydrogen) atoms. The number of hydrogen-bond donors (Lipinski definition) is 1. The lowest BCUT2D eigenvalue weighted by atomic mass is 10.1. The molecule has 0 bridgehead atoms. The number of nitrogens with one attached hydrogen (secondary N) is 1. The molecule has 2 aromatic rings. The molecule has 8 heteroatoms. The number of sulfonamides is 1. The highest BCUT2D eigenvalue weighted by Crippen LogP contribution is 2.29. The molecule has 1 aliphatic carbocycles. The van der Waals surface area contributed by atoms with Gasteiger partial charge in [0.15, 0.2) is 0 Å². The molecule has 0 saturated heterocycles. The molecule has 1 saturated carbocycles. The number of nitrogens with zero attached hydrogens (tertiary/aromatic N) is 2. The van der Waals surface area contributed by atoms with Gasteiger partial charge in [-0.15, -0.1) is 0 Å². The van der Waals surface area contributed by atoms with Gasteiger partial charge < -0.3 is 0 Å². The van der Waals surface area contributed by atoms with Gasteiger partial charge in [-0.25, -0.2) is 18.1 Å². The summed E-state index contributed by atoms with van der Waals surface area (Å²) in [6.07, 6.45) is 1.77. The van der Waals surface area contributed by atoms with E-state index in [4.69, 9.17) is 11.6 Å². The van der Waals surface area contributed by atoms with Gasteiger partial charge in [0.05, 0.1) is 22.7 Å². The molecule has 2 aromatic carbocycles. The summed E-state index contributed by atoms with van der Waals surface area (Å²) >= 11 is 6.28. The summed E-state index contributed by atoms with van der Waals surface area (Å²) in [4.78, 5) is 12.6. The van der Waals surface area contributed by atoms with Gasteiger partial charge in [0.2, 0.25) is 10.0 Å². The van der Waals surface area contributed by atoms with E-state index in [1.165, 1.54) is 23.2 Å². The number of carbonyl (C=O) groups excluding carboxylic acids is 1. The number of aryl methyl sites for hydroxylation is 1. The van der Waals surface area contributed by atoms with Crippen LogP contribution in [0.4, 0.5) is 5.69 Å². The third-order valence-corrected chi connectivity index (χ3v) is 6.36. The van der Waals surface area contributed by atoms with Crippen molar-refractivity contribution < 1.29 is 13.2 Å². The molecular weight excluding hydrogens is 386 g/mol. The lowest BCUT2D eigenvalue weighted by molar-refractivity contribution is -0.116. The highest BCUT2D eigenvalue weighted by Gasteiger charge is 2.30. The number of anilines is 1. The van der Waals surface area contributed by atoms with E-state index in [1.807, 2.05) is 31.2 Å². The number of amides is 1. The fraction of sp³-hybridized carbons (Fsp3) is 0.263. The highest BCUT2D eigenvalue weighted by molar-refractivity contribution is 7.89. The van der Waals surface area contributed by atoms with Crippen LogP contribution in [0.3, 0.4) is 0 Å². The maximum atomic E-state index is 12.5. The SMILES string of the molecule is Cc1ccc(N2N=C(c3cc(S(=O)(=O)NC4CC4)ccc3Cl)CC2=O)cc1. The topological polar surface area (TPSA) is 78.8 Å². The predicted molar refractivity (Wildman–Crippen MR) is 105 cm³/mol. The van der Waals surface area contributed by atoms with Crippen molar-refractivity contribution in [1.82, 2.24) is 4.72 Å². The lowest BCUT2D eigenvalue weighted by Gasteiger charge is -2.11. The van der Waals surface area contributed by atoms with E-state index in [1.54, 1.807) is 0 Å². The van der Waals surface area contributed by atoms with Crippen molar-refractivity contribution in [2.75, 3.05) is 5.01 Å². The summed E-state index contributed by atoms with van der Waals surface area (Å²) in [5, 5.41) is 6.08. The van der Waals surface area contributed by atoms with Crippen molar-refractivity contribution in [2.24, 2.45) is 5.10 Å². The molecule has 2 aliphatic rings. The Morgan fingerprint density at radius 3 is 2.52 bits per heavy atom. The van der Waals surface area contributed by atoms with Crippen LogP contribution in [0.5, 0.6) is 0 Å². The molecule has 1 N–H and O–H groups in total. The van der Waals surface area contributed by atoms with Crippen molar-refractivity contribution in [1.29, 1.82) is 0 Å². The minimum atomic E-state index is -3.61. The lowest BCUT2D eigenvalue weighted by Crippen LogP contribution is -2.25. The van der Waals surface area contributed by atoms with E-state index in [2.05, 4.69) is 9.82 Å². The van der Waals surface area contributed by atoms with Crippen LogP contribution in [-0.4, -0.2) is 26.1 Å². The first kappa shape index (κ1) is 18.2. The van der Waals surface area contributed by atoms with Gasteiger partial charge in [0.25, 0.3) is 5.91 Å². The van der Waals surface area contributed by atoms with E-state index < -0.39 is 10.0 Å². The Hall–Kier alpha value is -2.22. The molecule has 4 rings (SSSR count). The van der Waals surface area contributed by atoms with Crippen LogP contribution >= 0.6 is 11.6 Å². The van der Waals surface area contributed by atoms with Crippen LogP contribution < -0.4 is 9.73 Å². The van der Waals surface area contributed by atoms with Crippen LogP contribution in [0.2, 0.25) is 5.02 Å². The zero-order chi connectivity index (χ0) is 19.2. The fourth-order valence-electron chi connectivity index (χ4n) is 2.85. The van der Waals surface area contributed by atoms with Crippen molar-refractivity contribution in [3.05, 3.63) is 58.6 Å². The van der Waals surface area contributed by atoms with Gasteiger partial charge in [0, 0.05) is 16.6 Å². The van der Waals surface area contributed by atoms with Crippen LogP contribution in [0.15, 0.2) is 52.5 Å². The second-order valence-corrected chi connectivity index (χ2v) is 8.92. The van der Waals surface area contributed by atoms with Crippen molar-refractivity contribution in [3.8, 4) is 0 Å². The van der Waals surface area contributed by atoms with Crippen LogP contribution in [0.25, 0.3) is 0 Å². The summed E-state index contributed by atoms with van der Waals surface area (Å²) in [5.74, 6) is -0.186. The van der Waals surface area contributed by atoms with E-state index in [0.29, 0.717) is 22.0 Å². The Morgan fingerprint density at radius 1 is 1.15 bits per heavy atom. The fourth-order valence-corrected chi connectivity index (χ4v) is 4.41. The third kappa shape index (κ3) is 3.76. The molecule has 1 fully saturated rings. The number of hydrogen-bond acceptors (Lipinski definition) is 4. The summed E-state index contributed by atoms with van der Waals surface area (Å²) in [6.45, 7) is 1.96. The molecule has 0 radical (unpaired) electrons. The van der Waals surface area contributed by atoms with E-state index in [0.717, 1.165) is 18.4 Å². The maximum Gasteiger partial charge on any atom is 0.253 e. The number of hydrazone groups is 1. The summed E-state index contributed by atoms with van der Waals surface area (Å²) in [7, 11) is -3.61. The average Bonchev–Trinajstić information content (AvgIpc) is 3.34. The normalized spacial score (nSPS) is 17.3. The zero-order valence-corrected chi connectivity index (χ0v) is 16.2. The first-order valence-corrected chi connectivity index (χ1v) is 10.5. The number of rotatable bonds is 5. The zero-order valence-electron chi connectivity index (χ0n) is 14.6. The first-order chi connectivity index (χ1) is 12.8. The summed E-state index contributed by atoms with van der Waals surface area (Å²) in [5.41, 5.74) is 2.65. The molecule has 1 aliphatic heterocycles. The largest absolute Gasteiger partial charge is 0.272 e. The van der Waals surface area contributed by atoms with Crippen LogP contribution in [0, 0.1) is 6.92 Å². The van der Waals surface area contributed by atoms with Gasteiger partial charge in [-0.1, -0.05) is 29.3 Å².